The van der Waals surface area contributed by atoms with Gasteiger partial charge in [-0.3, -0.25) is 0 Å². The number of hydrogen-bond donors (Lipinski definition) is 3. The number of aliphatic hydroxyl groups excluding tert-OH is 1. The third kappa shape index (κ3) is 7.13. The summed E-state index contributed by atoms with van der Waals surface area (Å²) in [4.78, 5) is 4.62. The fraction of sp³-hybridized carbons (Fsp3) is 0.778. The summed E-state index contributed by atoms with van der Waals surface area (Å²) >= 11 is 0. The van der Waals surface area contributed by atoms with Crippen molar-refractivity contribution in [3.05, 3.63) is 17.5 Å². The molecule has 0 amide bonds. The lowest BCUT2D eigenvalue weighted by Crippen LogP contribution is -2.45. The Hall–Kier alpha value is -0.830. The highest BCUT2D eigenvalue weighted by molar-refractivity contribution is 14.0. The molecule has 144 valence electrons. The van der Waals surface area contributed by atoms with Gasteiger partial charge in [0.05, 0.1) is 11.8 Å². The Morgan fingerprint density at radius 1 is 1.28 bits per heavy atom. The van der Waals surface area contributed by atoms with Gasteiger partial charge in [0.2, 0.25) is 0 Å². The lowest BCUT2D eigenvalue weighted by molar-refractivity contribution is 0.120. The van der Waals surface area contributed by atoms with Crippen LogP contribution in [0.3, 0.4) is 0 Å². The summed E-state index contributed by atoms with van der Waals surface area (Å²) in [5.41, 5.74) is 1.03. The number of nitrogens with one attached hydrogen (secondary N) is 2. The normalized spacial score (nSPS) is 21.1. The first-order chi connectivity index (χ1) is 11.7. The Labute approximate surface area is 168 Å². The number of aromatic nitrogens is 1. The molecule has 0 spiro atoms. The van der Waals surface area contributed by atoms with Crippen LogP contribution < -0.4 is 10.6 Å². The first-order valence-electron chi connectivity index (χ1n) is 9.34. The molecule has 1 aliphatic rings. The number of hydrogen-bond acceptors (Lipinski definition) is 4. The van der Waals surface area contributed by atoms with E-state index in [0.717, 1.165) is 62.5 Å². The molecule has 25 heavy (non-hydrogen) atoms. The van der Waals surface area contributed by atoms with Crippen molar-refractivity contribution in [3.63, 3.8) is 0 Å². The first-order valence-corrected chi connectivity index (χ1v) is 9.34. The molecule has 3 N–H and O–H groups in total. The summed E-state index contributed by atoms with van der Waals surface area (Å²) in [6.45, 7) is 7.71. The fourth-order valence-corrected chi connectivity index (χ4v) is 3.19. The Kier molecular flexibility index (Phi) is 10.4. The molecule has 0 bridgehead atoms. The Morgan fingerprint density at radius 2 is 1.96 bits per heavy atom. The van der Waals surface area contributed by atoms with Gasteiger partial charge in [-0.15, -0.1) is 24.0 Å². The van der Waals surface area contributed by atoms with Crippen LogP contribution in [0.1, 0.15) is 76.7 Å². The highest BCUT2D eigenvalue weighted by atomic mass is 127. The van der Waals surface area contributed by atoms with Crippen LogP contribution in [-0.2, 0) is 6.54 Å². The molecule has 2 rings (SSSR count). The van der Waals surface area contributed by atoms with Crippen molar-refractivity contribution in [2.24, 2.45) is 4.99 Å². The van der Waals surface area contributed by atoms with Gasteiger partial charge in [-0.2, -0.15) is 0 Å². The number of aliphatic imine (C=N–C) groups is 1. The van der Waals surface area contributed by atoms with Gasteiger partial charge in [-0.1, -0.05) is 19.0 Å². The van der Waals surface area contributed by atoms with Gasteiger partial charge in [0.1, 0.15) is 6.54 Å². The zero-order chi connectivity index (χ0) is 17.4. The van der Waals surface area contributed by atoms with Crippen LogP contribution in [0.15, 0.2) is 15.6 Å². The van der Waals surface area contributed by atoms with E-state index in [2.05, 4.69) is 41.6 Å². The van der Waals surface area contributed by atoms with E-state index >= 15 is 0 Å². The lowest BCUT2D eigenvalue weighted by Gasteiger charge is -2.27. The van der Waals surface area contributed by atoms with Crippen LogP contribution in [-0.4, -0.2) is 34.9 Å². The molecule has 6 nitrogen and oxygen atoms in total. The molecule has 1 heterocycles. The zero-order valence-electron chi connectivity index (χ0n) is 15.6. The predicted octanol–water partition coefficient (Wildman–Crippen LogP) is 3.55. The molecule has 1 aromatic rings. The molecule has 1 aromatic heterocycles. The molecule has 1 fully saturated rings. The van der Waals surface area contributed by atoms with E-state index < -0.39 is 0 Å². The minimum absolute atomic E-state index is 0. The monoisotopic (exact) mass is 464 g/mol. The summed E-state index contributed by atoms with van der Waals surface area (Å²) < 4.78 is 5.44. The molecule has 0 saturated heterocycles. The topological polar surface area (TPSA) is 82.7 Å². The maximum absolute atomic E-state index is 9.61. The summed E-state index contributed by atoms with van der Waals surface area (Å²) in [6.07, 6.45) is 5.68. The van der Waals surface area contributed by atoms with E-state index in [9.17, 15) is 5.11 Å². The van der Waals surface area contributed by atoms with E-state index in [4.69, 9.17) is 4.52 Å². The third-order valence-corrected chi connectivity index (χ3v) is 4.76. The zero-order valence-corrected chi connectivity index (χ0v) is 18.0. The lowest BCUT2D eigenvalue weighted by atomic mass is 9.93. The maximum atomic E-state index is 9.61. The van der Waals surface area contributed by atoms with Crippen LogP contribution in [0.4, 0.5) is 0 Å². The van der Waals surface area contributed by atoms with Gasteiger partial charge in [-0.25, -0.2) is 4.99 Å². The second-order valence-corrected chi connectivity index (χ2v) is 6.58. The quantitative estimate of drug-likeness (QED) is 0.327. The molecule has 0 aromatic carbocycles. The van der Waals surface area contributed by atoms with Crippen molar-refractivity contribution in [1.82, 2.24) is 15.8 Å². The Morgan fingerprint density at radius 3 is 2.56 bits per heavy atom. The van der Waals surface area contributed by atoms with Crippen LogP contribution >= 0.6 is 24.0 Å². The highest BCUT2D eigenvalue weighted by Crippen LogP contribution is 2.22. The largest absolute Gasteiger partial charge is 0.393 e. The Balaban J connectivity index is 0.00000312. The smallest absolute Gasteiger partial charge is 0.191 e. The van der Waals surface area contributed by atoms with Crippen LogP contribution in [0, 0.1) is 0 Å². The summed E-state index contributed by atoms with van der Waals surface area (Å²) in [5, 5.41) is 20.5. The first kappa shape index (κ1) is 22.2. The van der Waals surface area contributed by atoms with Crippen molar-refractivity contribution in [3.8, 4) is 0 Å². The molecule has 0 aliphatic heterocycles. The van der Waals surface area contributed by atoms with Gasteiger partial charge in [0, 0.05) is 24.6 Å². The van der Waals surface area contributed by atoms with E-state index in [1.807, 2.05) is 6.07 Å². The van der Waals surface area contributed by atoms with E-state index in [1.54, 1.807) is 0 Å². The third-order valence-electron chi connectivity index (χ3n) is 4.76. The molecule has 0 atom stereocenters. The summed E-state index contributed by atoms with van der Waals surface area (Å²) in [6, 6.07) is 2.41. The van der Waals surface area contributed by atoms with Gasteiger partial charge >= 0.3 is 0 Å². The number of nitrogens with zero attached hydrogens (tertiary/aromatic N) is 2. The van der Waals surface area contributed by atoms with Crippen molar-refractivity contribution < 1.29 is 9.63 Å². The molecular weight excluding hydrogens is 431 g/mol. The van der Waals surface area contributed by atoms with E-state index in [0.29, 0.717) is 18.5 Å². The molecule has 1 saturated carbocycles. The minimum atomic E-state index is -0.139. The SMILES string of the molecule is CCNC(=NCc1cc(C(CC)CC)no1)NC1CCC(O)CC1.I. The number of guanidine groups is 1. The second-order valence-electron chi connectivity index (χ2n) is 6.58. The van der Waals surface area contributed by atoms with Crippen molar-refractivity contribution in [2.75, 3.05) is 6.54 Å². The fourth-order valence-electron chi connectivity index (χ4n) is 3.19. The van der Waals surface area contributed by atoms with Gasteiger partial charge in [-0.05, 0) is 45.4 Å². The van der Waals surface area contributed by atoms with Crippen molar-refractivity contribution in [2.45, 2.75) is 83.9 Å². The minimum Gasteiger partial charge on any atom is -0.393 e. The van der Waals surface area contributed by atoms with E-state index in [1.165, 1.54) is 0 Å². The van der Waals surface area contributed by atoms with E-state index in [-0.39, 0.29) is 30.1 Å². The van der Waals surface area contributed by atoms with Gasteiger partial charge in [0.15, 0.2) is 11.7 Å². The molecule has 0 unspecified atom stereocenters. The average Bonchev–Trinajstić information content (AvgIpc) is 3.05. The predicted molar refractivity (Wildman–Crippen MR) is 111 cm³/mol. The number of halogens is 1. The molecule has 7 heteroatoms. The standard InChI is InChI=1S/C18H32N4O2.HI/c1-4-13(5-2)17-11-16(24-22-17)12-20-18(19-6-3)21-14-7-9-15(23)10-8-14;/h11,13-15,23H,4-10,12H2,1-3H3,(H2,19,20,21);1H. The van der Waals surface area contributed by atoms with Crippen molar-refractivity contribution >= 4 is 29.9 Å². The van der Waals surface area contributed by atoms with Gasteiger partial charge < -0.3 is 20.3 Å². The summed E-state index contributed by atoms with van der Waals surface area (Å²) in [7, 11) is 0. The van der Waals surface area contributed by atoms with Crippen LogP contribution in [0.5, 0.6) is 0 Å². The Bertz CT molecular complexity index is 509. The average molecular weight is 464 g/mol. The van der Waals surface area contributed by atoms with Crippen molar-refractivity contribution in [1.29, 1.82) is 0 Å². The summed E-state index contributed by atoms with van der Waals surface area (Å²) in [5.74, 6) is 2.07. The van der Waals surface area contributed by atoms with Crippen LogP contribution in [0.2, 0.25) is 0 Å². The maximum Gasteiger partial charge on any atom is 0.191 e. The highest BCUT2D eigenvalue weighted by Gasteiger charge is 2.20. The number of aliphatic hydroxyl groups is 1. The van der Waals surface area contributed by atoms with Gasteiger partial charge in [0.25, 0.3) is 0 Å². The molecular formula is C18H33IN4O2. The second kappa shape index (κ2) is 11.7. The molecule has 1 aliphatic carbocycles. The number of rotatable bonds is 7. The van der Waals surface area contributed by atoms with Crippen LogP contribution in [0.25, 0.3) is 0 Å². The molecule has 0 radical (unpaired) electrons.